The van der Waals surface area contributed by atoms with E-state index in [9.17, 15) is 18.4 Å². The predicted molar refractivity (Wildman–Crippen MR) is 84.8 cm³/mol. The number of nitrogens with one attached hydrogen (secondary N) is 2. The summed E-state index contributed by atoms with van der Waals surface area (Å²) in [6, 6.07) is 7.80. The van der Waals surface area contributed by atoms with Gasteiger partial charge >= 0.3 is 0 Å². The largest absolute Gasteiger partial charge is 0.325 e. The first kappa shape index (κ1) is 17.0. The molecule has 130 valence electrons. The number of rotatable bonds is 3. The number of anilines is 1. The summed E-state index contributed by atoms with van der Waals surface area (Å²) < 4.78 is 26.7. The quantitative estimate of drug-likeness (QED) is 0.586. The summed E-state index contributed by atoms with van der Waals surface area (Å²) in [5, 5.41) is 11.5. The Labute approximate surface area is 142 Å². The number of hydrogen-bond donors (Lipinski definition) is 3. The Bertz CT molecular complexity index is 822. The topological polar surface area (TPSA) is 81.7 Å². The molecule has 0 aromatic heterocycles. The van der Waals surface area contributed by atoms with E-state index in [1.54, 1.807) is 22.5 Å². The van der Waals surface area contributed by atoms with Gasteiger partial charge in [-0.1, -0.05) is 0 Å². The molecular formula is C17H15F2N3O3. The number of carbonyl (C=O) groups is 2. The fraction of sp³-hybridized carbons (Fsp3) is 0.176. The third kappa shape index (κ3) is 3.98. The standard InChI is InChI=1S/C17H15F2N3O3/c18-13-3-10(4-14(19)6-13)7-22-8-12-5-11(17(24)21-25)1-2-15(12)20-16(23)9-22/h1-6,25H,7-9H2,(H,20,23)(H,21,24). The summed E-state index contributed by atoms with van der Waals surface area (Å²) >= 11 is 0. The lowest BCUT2D eigenvalue weighted by molar-refractivity contribution is -0.117. The van der Waals surface area contributed by atoms with Crippen LogP contribution in [0.15, 0.2) is 36.4 Å². The summed E-state index contributed by atoms with van der Waals surface area (Å²) in [5.41, 5.74) is 3.39. The highest BCUT2D eigenvalue weighted by Gasteiger charge is 2.21. The number of halogens is 2. The molecule has 6 nitrogen and oxygen atoms in total. The summed E-state index contributed by atoms with van der Waals surface area (Å²) in [4.78, 5) is 25.3. The Hall–Kier alpha value is -2.84. The van der Waals surface area contributed by atoms with Crippen LogP contribution < -0.4 is 10.8 Å². The molecule has 0 bridgehead atoms. The van der Waals surface area contributed by atoms with Crippen molar-refractivity contribution in [3.8, 4) is 0 Å². The van der Waals surface area contributed by atoms with Crippen LogP contribution in [0.3, 0.4) is 0 Å². The zero-order chi connectivity index (χ0) is 18.0. The van der Waals surface area contributed by atoms with Crippen molar-refractivity contribution in [3.63, 3.8) is 0 Å². The average molecular weight is 347 g/mol. The molecule has 0 atom stereocenters. The maximum absolute atomic E-state index is 13.4. The summed E-state index contributed by atoms with van der Waals surface area (Å²) in [7, 11) is 0. The third-order valence-corrected chi connectivity index (χ3v) is 3.83. The van der Waals surface area contributed by atoms with Crippen LogP contribution in [0.1, 0.15) is 21.5 Å². The van der Waals surface area contributed by atoms with Crippen LogP contribution >= 0.6 is 0 Å². The molecule has 0 saturated carbocycles. The van der Waals surface area contributed by atoms with Crippen molar-refractivity contribution in [1.29, 1.82) is 0 Å². The van der Waals surface area contributed by atoms with Gasteiger partial charge in [0.2, 0.25) is 5.91 Å². The number of carbonyl (C=O) groups excluding carboxylic acids is 2. The predicted octanol–water partition coefficient (Wildman–Crippen LogP) is 2.04. The Morgan fingerprint density at radius 3 is 2.56 bits per heavy atom. The van der Waals surface area contributed by atoms with Gasteiger partial charge in [0.15, 0.2) is 0 Å². The number of hydrogen-bond acceptors (Lipinski definition) is 4. The molecule has 0 radical (unpaired) electrons. The summed E-state index contributed by atoms with van der Waals surface area (Å²) in [5.74, 6) is -2.31. The lowest BCUT2D eigenvalue weighted by Crippen LogP contribution is -2.29. The lowest BCUT2D eigenvalue weighted by atomic mass is 10.1. The molecule has 0 saturated heterocycles. The molecule has 2 aromatic rings. The molecule has 1 heterocycles. The maximum Gasteiger partial charge on any atom is 0.274 e. The van der Waals surface area contributed by atoms with Gasteiger partial charge in [0.25, 0.3) is 5.91 Å². The minimum absolute atomic E-state index is 0.0361. The zero-order valence-electron chi connectivity index (χ0n) is 13.1. The van der Waals surface area contributed by atoms with Gasteiger partial charge in [-0.25, -0.2) is 14.3 Å². The van der Waals surface area contributed by atoms with Gasteiger partial charge in [0.05, 0.1) is 6.54 Å². The highest BCUT2D eigenvalue weighted by Crippen LogP contribution is 2.23. The molecule has 0 spiro atoms. The first-order valence-electron chi connectivity index (χ1n) is 7.49. The van der Waals surface area contributed by atoms with Gasteiger partial charge < -0.3 is 5.32 Å². The van der Waals surface area contributed by atoms with Crippen molar-refractivity contribution in [3.05, 3.63) is 64.7 Å². The lowest BCUT2D eigenvalue weighted by Gasteiger charge is -2.19. The number of benzene rings is 2. The van der Waals surface area contributed by atoms with Crippen molar-refractivity contribution >= 4 is 17.5 Å². The second kappa shape index (κ2) is 6.96. The second-order valence-corrected chi connectivity index (χ2v) is 5.78. The number of hydroxylamine groups is 1. The minimum Gasteiger partial charge on any atom is -0.325 e. The van der Waals surface area contributed by atoms with E-state index < -0.39 is 17.5 Å². The van der Waals surface area contributed by atoms with E-state index in [1.165, 1.54) is 18.2 Å². The summed E-state index contributed by atoms with van der Waals surface area (Å²) in [6.45, 7) is 0.491. The van der Waals surface area contributed by atoms with Crippen molar-refractivity contribution in [2.24, 2.45) is 0 Å². The van der Waals surface area contributed by atoms with E-state index >= 15 is 0 Å². The van der Waals surface area contributed by atoms with Crippen LogP contribution in [-0.2, 0) is 17.9 Å². The summed E-state index contributed by atoms with van der Waals surface area (Å²) in [6.07, 6.45) is 0. The van der Waals surface area contributed by atoms with Crippen LogP contribution in [0.4, 0.5) is 14.5 Å². The van der Waals surface area contributed by atoms with Gasteiger partial charge in [-0.2, -0.15) is 0 Å². The molecule has 2 aromatic carbocycles. The molecule has 8 heteroatoms. The molecule has 1 aliphatic rings. The third-order valence-electron chi connectivity index (χ3n) is 3.83. The Morgan fingerprint density at radius 2 is 1.88 bits per heavy atom. The van der Waals surface area contributed by atoms with Gasteiger partial charge in [0.1, 0.15) is 11.6 Å². The van der Waals surface area contributed by atoms with Crippen LogP contribution in [0, 0.1) is 11.6 Å². The fourth-order valence-corrected chi connectivity index (χ4v) is 2.81. The van der Waals surface area contributed by atoms with E-state index in [4.69, 9.17) is 5.21 Å². The van der Waals surface area contributed by atoms with Crippen molar-refractivity contribution < 1.29 is 23.6 Å². The Morgan fingerprint density at radius 1 is 1.16 bits per heavy atom. The molecule has 0 fully saturated rings. The highest BCUT2D eigenvalue weighted by molar-refractivity contribution is 5.97. The van der Waals surface area contributed by atoms with Crippen molar-refractivity contribution in [2.45, 2.75) is 13.1 Å². The first-order valence-corrected chi connectivity index (χ1v) is 7.49. The van der Waals surface area contributed by atoms with Crippen molar-refractivity contribution in [1.82, 2.24) is 10.4 Å². The molecular weight excluding hydrogens is 332 g/mol. The van der Waals surface area contributed by atoms with Crippen LogP contribution in [0.25, 0.3) is 0 Å². The Balaban J connectivity index is 1.87. The van der Waals surface area contributed by atoms with Gasteiger partial charge in [-0.05, 0) is 41.5 Å². The SMILES string of the molecule is O=C1CN(Cc2cc(F)cc(F)c2)Cc2cc(C(=O)NO)ccc2N1. The number of amides is 2. The van der Waals surface area contributed by atoms with Crippen LogP contribution in [0.5, 0.6) is 0 Å². The number of fused-ring (bicyclic) bond motifs is 1. The smallest absolute Gasteiger partial charge is 0.274 e. The van der Waals surface area contributed by atoms with E-state index in [0.29, 0.717) is 23.4 Å². The monoisotopic (exact) mass is 347 g/mol. The molecule has 0 unspecified atom stereocenters. The number of nitrogens with zero attached hydrogens (tertiary/aromatic N) is 1. The average Bonchev–Trinajstić information content (AvgIpc) is 2.69. The zero-order valence-corrected chi connectivity index (χ0v) is 13.1. The van der Waals surface area contributed by atoms with Gasteiger partial charge in [0, 0.05) is 30.4 Å². The maximum atomic E-state index is 13.4. The van der Waals surface area contributed by atoms with E-state index in [0.717, 1.165) is 6.07 Å². The molecule has 2 amide bonds. The Kier molecular flexibility index (Phi) is 4.73. The van der Waals surface area contributed by atoms with Gasteiger partial charge in [-0.15, -0.1) is 0 Å². The first-order chi connectivity index (χ1) is 11.9. The fourth-order valence-electron chi connectivity index (χ4n) is 2.81. The van der Waals surface area contributed by atoms with Crippen LogP contribution in [-0.4, -0.2) is 28.5 Å². The molecule has 3 rings (SSSR count). The molecule has 25 heavy (non-hydrogen) atoms. The molecule has 3 N–H and O–H groups in total. The van der Waals surface area contributed by atoms with Crippen LogP contribution in [0.2, 0.25) is 0 Å². The minimum atomic E-state index is -0.684. The molecule has 0 aliphatic carbocycles. The second-order valence-electron chi connectivity index (χ2n) is 5.78. The van der Waals surface area contributed by atoms with Gasteiger partial charge in [-0.3, -0.25) is 19.7 Å². The molecule has 1 aliphatic heterocycles. The highest BCUT2D eigenvalue weighted by atomic mass is 19.1. The van der Waals surface area contributed by atoms with E-state index in [-0.39, 0.29) is 24.6 Å². The van der Waals surface area contributed by atoms with E-state index in [1.807, 2.05) is 0 Å². The van der Waals surface area contributed by atoms with E-state index in [2.05, 4.69) is 5.32 Å². The van der Waals surface area contributed by atoms with Crippen molar-refractivity contribution in [2.75, 3.05) is 11.9 Å². The normalized spacial score (nSPS) is 14.4.